The largest absolute Gasteiger partial charge is 0.383 e. The number of rotatable bonds is 8. The molecule has 0 spiro atoms. The number of hydrogen-bond acceptors (Lipinski definition) is 2. The molecule has 9 rings (SSSR count). The first-order chi connectivity index (χ1) is 26.7. The van der Waals surface area contributed by atoms with Crippen molar-refractivity contribution in [3.8, 4) is 22.3 Å². The van der Waals surface area contributed by atoms with Crippen molar-refractivity contribution < 1.29 is 0 Å². The van der Waals surface area contributed by atoms with Crippen molar-refractivity contribution in [1.29, 1.82) is 0 Å². The molecular weight excluding hydrogens is 655 g/mol. The first-order valence-electron chi connectivity index (χ1n) is 18.6. The van der Waals surface area contributed by atoms with Crippen LogP contribution in [0.3, 0.4) is 0 Å². The van der Waals surface area contributed by atoms with Crippen molar-refractivity contribution >= 4 is 49.4 Å². The summed E-state index contributed by atoms with van der Waals surface area (Å²) in [5.74, 6) is 0.559. The van der Waals surface area contributed by atoms with E-state index in [1.165, 1.54) is 54.8 Å². The van der Waals surface area contributed by atoms with Crippen molar-refractivity contribution in [1.82, 2.24) is 4.98 Å². The molecule has 8 aromatic rings. The van der Waals surface area contributed by atoms with E-state index >= 15 is 0 Å². The second kappa shape index (κ2) is 14.7. The summed E-state index contributed by atoms with van der Waals surface area (Å²) >= 11 is 0. The molecule has 258 valence electrons. The van der Waals surface area contributed by atoms with E-state index < -0.39 is 0 Å². The predicted octanol–water partition coefficient (Wildman–Crippen LogP) is 12.6. The van der Waals surface area contributed by atoms with E-state index in [0.717, 1.165) is 46.2 Å². The lowest BCUT2D eigenvalue weighted by atomic mass is 9.93. The number of allylic oxidation sites excluding steroid dienone is 4. The minimum absolute atomic E-state index is 0.559. The Morgan fingerprint density at radius 3 is 2.04 bits per heavy atom. The minimum Gasteiger partial charge on any atom is -0.383 e. The molecule has 3 nitrogen and oxygen atoms in total. The number of nitrogens with zero attached hydrogens (tertiary/aromatic N) is 2. The molecule has 0 fully saturated rings. The van der Waals surface area contributed by atoms with Gasteiger partial charge in [0.15, 0.2) is 0 Å². The van der Waals surface area contributed by atoms with Crippen molar-refractivity contribution in [2.45, 2.75) is 19.3 Å². The topological polar surface area (TPSA) is 51.3 Å². The molecule has 0 amide bonds. The number of aliphatic imine (C=N–C) groups is 1. The Balaban J connectivity index is 1.06. The van der Waals surface area contributed by atoms with Crippen LogP contribution in [0.2, 0.25) is 0 Å². The maximum Gasteiger partial charge on any atom is 0.127 e. The van der Waals surface area contributed by atoms with Crippen molar-refractivity contribution in [2.24, 2.45) is 10.7 Å². The summed E-state index contributed by atoms with van der Waals surface area (Å²) in [5.41, 5.74) is 18.1. The molecule has 0 saturated heterocycles. The highest BCUT2D eigenvalue weighted by Gasteiger charge is 2.13. The maximum atomic E-state index is 6.85. The first kappa shape index (κ1) is 33.0. The monoisotopic (exact) mass is 693 g/mol. The van der Waals surface area contributed by atoms with Crippen LogP contribution >= 0.6 is 0 Å². The van der Waals surface area contributed by atoms with Crippen molar-refractivity contribution in [3.05, 3.63) is 211 Å². The summed E-state index contributed by atoms with van der Waals surface area (Å²) in [6.07, 6.45) is 13.1. The van der Waals surface area contributed by atoms with Gasteiger partial charge in [0.05, 0.1) is 5.70 Å². The molecule has 1 aromatic heterocycles. The average Bonchev–Trinajstić information content (AvgIpc) is 3.25. The van der Waals surface area contributed by atoms with E-state index in [1.54, 1.807) is 0 Å². The Morgan fingerprint density at radius 1 is 0.593 bits per heavy atom. The molecule has 2 N–H and O–H groups in total. The van der Waals surface area contributed by atoms with Gasteiger partial charge in [-0.2, -0.15) is 0 Å². The van der Waals surface area contributed by atoms with Gasteiger partial charge >= 0.3 is 0 Å². The van der Waals surface area contributed by atoms with Crippen LogP contribution in [0, 0.1) is 0 Å². The first-order valence-corrected chi connectivity index (χ1v) is 18.6. The molecule has 1 aliphatic carbocycles. The molecule has 0 bridgehead atoms. The number of pyridine rings is 1. The summed E-state index contributed by atoms with van der Waals surface area (Å²) in [5, 5.41) is 7.39. The maximum absolute atomic E-state index is 6.85. The highest BCUT2D eigenvalue weighted by atomic mass is 14.9. The van der Waals surface area contributed by atoms with Gasteiger partial charge < -0.3 is 5.73 Å². The SMILES string of the molecule is NC(=N/C(=C\Cc1ccc(-c2cc3ccccc3c3ccccc23)cc1)c1ccc(-c2cncc3ccccc23)cc1)C1=CC(c2ccccc2)=CCC1. The Kier molecular flexibility index (Phi) is 8.96. The van der Waals surface area contributed by atoms with E-state index in [4.69, 9.17) is 10.7 Å². The van der Waals surface area contributed by atoms with Gasteiger partial charge in [-0.05, 0) is 103 Å². The van der Waals surface area contributed by atoms with Crippen LogP contribution in [-0.4, -0.2) is 10.8 Å². The predicted molar refractivity (Wildman–Crippen MR) is 229 cm³/mol. The zero-order valence-electron chi connectivity index (χ0n) is 30.0. The van der Waals surface area contributed by atoms with Crippen LogP contribution in [-0.2, 0) is 6.42 Å². The standard InChI is InChI=1S/C51H39N3/c52-51(42-16-10-15-40(31-42)36-11-2-1-3-12-36)54-50(39-28-26-38(27-29-39)49-34-53-33-43-14-5-7-18-45(43)49)30-23-35-21-24-37(25-22-35)48-32-41-13-4-6-17-44(41)46-19-8-9-20-47(46)48/h1-9,11-15,17-22,24-34H,10,16,23H2,(H2,52,54)/b50-30-. The number of amidine groups is 1. The molecule has 0 aliphatic heterocycles. The Bertz CT molecular complexity index is 2760. The van der Waals surface area contributed by atoms with Crippen LogP contribution < -0.4 is 5.73 Å². The summed E-state index contributed by atoms with van der Waals surface area (Å²) in [4.78, 5) is 9.66. The lowest BCUT2D eigenvalue weighted by Crippen LogP contribution is -2.16. The van der Waals surface area contributed by atoms with Gasteiger partial charge in [0.1, 0.15) is 5.84 Å². The fourth-order valence-corrected chi connectivity index (χ4v) is 7.66. The smallest absolute Gasteiger partial charge is 0.127 e. The van der Waals surface area contributed by atoms with Gasteiger partial charge in [0, 0.05) is 23.3 Å². The molecule has 0 radical (unpaired) electrons. The summed E-state index contributed by atoms with van der Waals surface area (Å²) in [7, 11) is 0. The fourth-order valence-electron chi connectivity index (χ4n) is 7.66. The van der Waals surface area contributed by atoms with Gasteiger partial charge in [0.2, 0.25) is 0 Å². The molecule has 0 saturated carbocycles. The number of aromatic nitrogens is 1. The van der Waals surface area contributed by atoms with E-state index in [0.29, 0.717) is 12.3 Å². The third kappa shape index (κ3) is 6.64. The second-order valence-electron chi connectivity index (χ2n) is 13.9. The number of nitrogens with two attached hydrogens (primary N) is 1. The zero-order valence-corrected chi connectivity index (χ0v) is 30.0. The molecule has 0 unspecified atom stereocenters. The molecule has 1 aliphatic rings. The van der Waals surface area contributed by atoms with Crippen molar-refractivity contribution in [3.63, 3.8) is 0 Å². The van der Waals surface area contributed by atoms with Crippen LogP contribution in [0.1, 0.15) is 29.5 Å². The summed E-state index contributed by atoms with van der Waals surface area (Å²) in [6.45, 7) is 0. The van der Waals surface area contributed by atoms with E-state index in [1.807, 2.05) is 18.5 Å². The van der Waals surface area contributed by atoms with Gasteiger partial charge in [-0.1, -0.05) is 164 Å². The van der Waals surface area contributed by atoms with Crippen LogP contribution in [0.25, 0.3) is 65.8 Å². The molecule has 3 heteroatoms. The van der Waals surface area contributed by atoms with Gasteiger partial charge in [0.25, 0.3) is 0 Å². The van der Waals surface area contributed by atoms with E-state index in [2.05, 4.69) is 175 Å². The van der Waals surface area contributed by atoms with Crippen LogP contribution in [0.4, 0.5) is 0 Å². The summed E-state index contributed by atoms with van der Waals surface area (Å²) in [6, 6.07) is 56.1. The summed E-state index contributed by atoms with van der Waals surface area (Å²) < 4.78 is 0. The third-order valence-corrected chi connectivity index (χ3v) is 10.5. The van der Waals surface area contributed by atoms with Crippen LogP contribution in [0.5, 0.6) is 0 Å². The number of hydrogen-bond donors (Lipinski definition) is 1. The quantitative estimate of drug-likeness (QED) is 0.0978. The number of benzene rings is 7. The van der Waals surface area contributed by atoms with E-state index in [9.17, 15) is 0 Å². The number of fused-ring (bicyclic) bond motifs is 4. The molecule has 7 aromatic carbocycles. The normalized spacial score (nSPS) is 13.6. The van der Waals surface area contributed by atoms with Gasteiger partial charge in [-0.15, -0.1) is 0 Å². The fraction of sp³-hybridized carbons (Fsp3) is 0.0588. The highest BCUT2D eigenvalue weighted by Crippen LogP contribution is 2.35. The van der Waals surface area contributed by atoms with E-state index in [-0.39, 0.29) is 0 Å². The van der Waals surface area contributed by atoms with Crippen LogP contribution in [0.15, 0.2) is 199 Å². The molecule has 0 atom stereocenters. The third-order valence-electron chi connectivity index (χ3n) is 10.5. The molecule has 54 heavy (non-hydrogen) atoms. The van der Waals surface area contributed by atoms with Crippen molar-refractivity contribution in [2.75, 3.05) is 0 Å². The lowest BCUT2D eigenvalue weighted by Gasteiger charge is -2.15. The van der Waals surface area contributed by atoms with Gasteiger partial charge in [-0.25, -0.2) is 4.99 Å². The molecular formula is C51H39N3. The highest BCUT2D eigenvalue weighted by molar-refractivity contribution is 6.13. The minimum atomic E-state index is 0.559. The Morgan fingerprint density at radius 2 is 1.24 bits per heavy atom. The Hall–Kier alpha value is -6.84. The van der Waals surface area contributed by atoms with Gasteiger partial charge in [-0.3, -0.25) is 4.98 Å². The average molecular weight is 694 g/mol. The Labute approximate surface area is 316 Å². The second-order valence-corrected chi connectivity index (χ2v) is 13.9. The molecule has 1 heterocycles. The zero-order chi connectivity index (χ0) is 36.3. The lowest BCUT2D eigenvalue weighted by molar-refractivity contribution is 1.00.